The molecule has 0 saturated heterocycles. The van der Waals surface area contributed by atoms with Crippen molar-refractivity contribution in [2.45, 2.75) is 20.0 Å². The standard InChI is InChI=1S/C16H18N2O2/c1-10-3-4-13(9-15(10)17)16(20)18-14-7-5-12(6-8-14)11(2)19/h3-9,11,19H,17H2,1-2H3,(H,18,20)/t11-/m1/s1. The number of benzene rings is 2. The Labute approximate surface area is 118 Å². The summed E-state index contributed by atoms with van der Waals surface area (Å²) in [5.41, 5.74) is 9.35. The summed E-state index contributed by atoms with van der Waals surface area (Å²) in [7, 11) is 0. The molecule has 0 aliphatic rings. The largest absolute Gasteiger partial charge is 0.398 e. The molecule has 0 heterocycles. The molecule has 0 aliphatic carbocycles. The predicted molar refractivity (Wildman–Crippen MR) is 80.6 cm³/mol. The number of carbonyl (C=O) groups is 1. The van der Waals surface area contributed by atoms with Crippen LogP contribution in [0.15, 0.2) is 42.5 Å². The normalized spacial score (nSPS) is 11.9. The van der Waals surface area contributed by atoms with Gasteiger partial charge < -0.3 is 16.2 Å². The Balaban J connectivity index is 2.12. The SMILES string of the molecule is Cc1ccc(C(=O)Nc2ccc([C@@H](C)O)cc2)cc1N. The molecule has 1 atom stereocenters. The molecule has 0 spiro atoms. The lowest BCUT2D eigenvalue weighted by Gasteiger charge is -2.09. The Morgan fingerprint density at radius 1 is 1.20 bits per heavy atom. The van der Waals surface area contributed by atoms with E-state index >= 15 is 0 Å². The highest BCUT2D eigenvalue weighted by Gasteiger charge is 2.08. The Hall–Kier alpha value is -2.33. The lowest BCUT2D eigenvalue weighted by Crippen LogP contribution is -2.12. The number of nitrogens with one attached hydrogen (secondary N) is 1. The fourth-order valence-corrected chi connectivity index (χ4v) is 1.83. The van der Waals surface area contributed by atoms with Crippen LogP contribution in [-0.4, -0.2) is 11.0 Å². The Morgan fingerprint density at radius 2 is 1.85 bits per heavy atom. The van der Waals surface area contributed by atoms with Gasteiger partial charge in [0.2, 0.25) is 0 Å². The number of aliphatic hydroxyl groups excluding tert-OH is 1. The van der Waals surface area contributed by atoms with E-state index < -0.39 is 6.10 Å². The van der Waals surface area contributed by atoms with Gasteiger partial charge in [-0.25, -0.2) is 0 Å². The summed E-state index contributed by atoms with van der Waals surface area (Å²) in [6.07, 6.45) is -0.517. The molecule has 0 aliphatic heterocycles. The third-order valence-electron chi connectivity index (χ3n) is 3.19. The number of amides is 1. The van der Waals surface area contributed by atoms with Crippen molar-refractivity contribution in [3.8, 4) is 0 Å². The topological polar surface area (TPSA) is 75.3 Å². The number of nitrogens with two attached hydrogens (primary N) is 1. The van der Waals surface area contributed by atoms with Gasteiger partial charge >= 0.3 is 0 Å². The van der Waals surface area contributed by atoms with Crippen LogP contribution in [0.4, 0.5) is 11.4 Å². The molecule has 2 aromatic carbocycles. The van der Waals surface area contributed by atoms with Gasteiger partial charge in [-0.1, -0.05) is 18.2 Å². The Morgan fingerprint density at radius 3 is 2.40 bits per heavy atom. The van der Waals surface area contributed by atoms with Crippen LogP contribution in [0.25, 0.3) is 0 Å². The summed E-state index contributed by atoms with van der Waals surface area (Å²) in [6.45, 7) is 3.59. The summed E-state index contributed by atoms with van der Waals surface area (Å²) in [6, 6.07) is 12.3. The van der Waals surface area contributed by atoms with E-state index in [0.717, 1.165) is 11.1 Å². The van der Waals surface area contributed by atoms with E-state index in [-0.39, 0.29) is 5.91 Å². The van der Waals surface area contributed by atoms with Crippen molar-refractivity contribution in [2.75, 3.05) is 11.1 Å². The lowest BCUT2D eigenvalue weighted by molar-refractivity contribution is 0.102. The first-order chi connectivity index (χ1) is 9.47. The summed E-state index contributed by atoms with van der Waals surface area (Å²) < 4.78 is 0. The van der Waals surface area contributed by atoms with Crippen LogP contribution in [0.3, 0.4) is 0 Å². The van der Waals surface area contributed by atoms with E-state index in [0.29, 0.717) is 16.9 Å². The van der Waals surface area contributed by atoms with Crippen molar-refractivity contribution >= 4 is 17.3 Å². The minimum atomic E-state index is -0.517. The van der Waals surface area contributed by atoms with Crippen molar-refractivity contribution in [3.05, 3.63) is 59.2 Å². The van der Waals surface area contributed by atoms with Crippen molar-refractivity contribution in [3.63, 3.8) is 0 Å². The molecular formula is C16H18N2O2. The minimum Gasteiger partial charge on any atom is -0.398 e. The monoisotopic (exact) mass is 270 g/mol. The van der Waals surface area contributed by atoms with Gasteiger partial charge in [-0.15, -0.1) is 0 Å². The maximum Gasteiger partial charge on any atom is 0.255 e. The highest BCUT2D eigenvalue weighted by Crippen LogP contribution is 2.17. The number of carbonyl (C=O) groups excluding carboxylic acids is 1. The Kier molecular flexibility index (Phi) is 4.05. The second kappa shape index (κ2) is 5.75. The third-order valence-corrected chi connectivity index (χ3v) is 3.19. The number of hydrogen-bond donors (Lipinski definition) is 3. The number of rotatable bonds is 3. The van der Waals surface area contributed by atoms with Crippen LogP contribution in [0, 0.1) is 6.92 Å². The predicted octanol–water partition coefficient (Wildman–Crippen LogP) is 2.88. The molecule has 4 N–H and O–H groups in total. The highest BCUT2D eigenvalue weighted by molar-refractivity contribution is 6.04. The lowest BCUT2D eigenvalue weighted by atomic mass is 10.1. The van der Waals surface area contributed by atoms with Crippen LogP contribution < -0.4 is 11.1 Å². The molecule has 0 aromatic heterocycles. The van der Waals surface area contributed by atoms with E-state index in [1.807, 2.05) is 13.0 Å². The van der Waals surface area contributed by atoms with Gasteiger partial charge in [-0.05, 0) is 49.2 Å². The molecule has 0 saturated carbocycles. The van der Waals surface area contributed by atoms with Gasteiger partial charge in [-0.3, -0.25) is 4.79 Å². The van der Waals surface area contributed by atoms with Gasteiger partial charge in [0.15, 0.2) is 0 Å². The van der Waals surface area contributed by atoms with E-state index in [2.05, 4.69) is 5.32 Å². The van der Waals surface area contributed by atoms with Crippen molar-refractivity contribution in [1.29, 1.82) is 0 Å². The second-order valence-corrected chi connectivity index (χ2v) is 4.82. The van der Waals surface area contributed by atoms with E-state index in [9.17, 15) is 9.90 Å². The Bertz CT molecular complexity index is 619. The van der Waals surface area contributed by atoms with Gasteiger partial charge in [0.05, 0.1) is 6.10 Å². The smallest absolute Gasteiger partial charge is 0.255 e. The molecule has 4 heteroatoms. The second-order valence-electron chi connectivity index (χ2n) is 4.82. The first-order valence-electron chi connectivity index (χ1n) is 6.43. The van der Waals surface area contributed by atoms with Crippen LogP contribution in [0.1, 0.15) is 34.5 Å². The molecule has 2 rings (SSSR count). The first kappa shape index (κ1) is 14.1. The number of nitrogen functional groups attached to an aromatic ring is 1. The summed E-state index contributed by atoms with van der Waals surface area (Å²) >= 11 is 0. The number of aryl methyl sites for hydroxylation is 1. The highest BCUT2D eigenvalue weighted by atomic mass is 16.3. The zero-order valence-electron chi connectivity index (χ0n) is 11.6. The van der Waals surface area contributed by atoms with Crippen molar-refractivity contribution < 1.29 is 9.90 Å². The molecule has 104 valence electrons. The fourth-order valence-electron chi connectivity index (χ4n) is 1.83. The molecule has 0 bridgehead atoms. The van der Waals surface area contributed by atoms with E-state index in [1.54, 1.807) is 43.3 Å². The molecular weight excluding hydrogens is 252 g/mol. The van der Waals surface area contributed by atoms with E-state index in [4.69, 9.17) is 5.73 Å². The van der Waals surface area contributed by atoms with Gasteiger partial charge in [0, 0.05) is 16.9 Å². The molecule has 0 unspecified atom stereocenters. The third kappa shape index (κ3) is 3.16. The molecule has 4 nitrogen and oxygen atoms in total. The average Bonchev–Trinajstić information content (AvgIpc) is 2.42. The molecule has 2 aromatic rings. The zero-order chi connectivity index (χ0) is 14.7. The van der Waals surface area contributed by atoms with Crippen molar-refractivity contribution in [2.24, 2.45) is 0 Å². The number of aliphatic hydroxyl groups is 1. The van der Waals surface area contributed by atoms with Crippen LogP contribution in [-0.2, 0) is 0 Å². The minimum absolute atomic E-state index is 0.207. The maximum absolute atomic E-state index is 12.1. The average molecular weight is 270 g/mol. The van der Waals surface area contributed by atoms with E-state index in [1.165, 1.54) is 0 Å². The van der Waals surface area contributed by atoms with Crippen LogP contribution >= 0.6 is 0 Å². The molecule has 20 heavy (non-hydrogen) atoms. The van der Waals surface area contributed by atoms with Gasteiger partial charge in [-0.2, -0.15) is 0 Å². The zero-order valence-corrected chi connectivity index (χ0v) is 11.6. The fraction of sp³-hybridized carbons (Fsp3) is 0.188. The summed E-state index contributed by atoms with van der Waals surface area (Å²) in [5, 5.41) is 12.2. The van der Waals surface area contributed by atoms with Gasteiger partial charge in [0.1, 0.15) is 0 Å². The number of anilines is 2. The van der Waals surface area contributed by atoms with Crippen LogP contribution in [0.5, 0.6) is 0 Å². The van der Waals surface area contributed by atoms with Crippen LogP contribution in [0.2, 0.25) is 0 Å². The quantitative estimate of drug-likeness (QED) is 0.751. The first-order valence-corrected chi connectivity index (χ1v) is 6.43. The van der Waals surface area contributed by atoms with Crippen molar-refractivity contribution in [1.82, 2.24) is 0 Å². The molecule has 0 radical (unpaired) electrons. The number of hydrogen-bond acceptors (Lipinski definition) is 3. The summed E-state index contributed by atoms with van der Waals surface area (Å²) in [5.74, 6) is -0.207. The van der Waals surface area contributed by atoms with Gasteiger partial charge in [0.25, 0.3) is 5.91 Å². The maximum atomic E-state index is 12.1. The molecule has 0 fully saturated rings. The summed E-state index contributed by atoms with van der Waals surface area (Å²) in [4.78, 5) is 12.1. The molecule has 1 amide bonds.